The van der Waals surface area contributed by atoms with Crippen LogP contribution in [-0.4, -0.2) is 33.3 Å². The number of ether oxygens (including phenoxy) is 1. The quantitative estimate of drug-likeness (QED) is 0.254. The number of carbonyl (C=O) groups is 2. The molecular weight excluding hydrogens is 475 g/mol. The fraction of sp³-hybridized carbons (Fsp3) is 0.192. The van der Waals surface area contributed by atoms with Crippen LogP contribution in [0.2, 0.25) is 10.0 Å². The number of Topliss-reactive ketones (excluding diaryl/α,β-unsaturated/α-hetero) is 1. The maximum atomic E-state index is 13.2. The Labute approximate surface area is 207 Å². The zero-order valence-corrected chi connectivity index (χ0v) is 19.9. The van der Waals surface area contributed by atoms with Gasteiger partial charge in [0.1, 0.15) is 11.5 Å². The molecule has 174 valence electrons. The molecule has 1 saturated heterocycles. The van der Waals surface area contributed by atoms with Crippen molar-refractivity contribution < 1.29 is 19.4 Å². The number of aliphatic hydroxyl groups is 1. The van der Waals surface area contributed by atoms with Crippen LogP contribution in [0.3, 0.4) is 0 Å². The number of aliphatic hydroxyl groups excluding tert-OH is 1. The highest BCUT2D eigenvalue weighted by molar-refractivity contribution is 6.46. The summed E-state index contributed by atoms with van der Waals surface area (Å²) < 4.78 is 5.66. The third-order valence-electron chi connectivity index (χ3n) is 5.48. The number of benzene rings is 2. The van der Waals surface area contributed by atoms with E-state index in [1.54, 1.807) is 67.0 Å². The first-order valence-corrected chi connectivity index (χ1v) is 11.5. The predicted octanol–water partition coefficient (Wildman–Crippen LogP) is 5.80. The van der Waals surface area contributed by atoms with E-state index in [9.17, 15) is 14.7 Å². The van der Waals surface area contributed by atoms with Gasteiger partial charge in [0.05, 0.1) is 28.3 Å². The molecule has 1 unspecified atom stereocenters. The molecule has 0 bridgehead atoms. The van der Waals surface area contributed by atoms with Gasteiger partial charge in [-0.1, -0.05) is 48.3 Å². The lowest BCUT2D eigenvalue weighted by Gasteiger charge is -2.25. The molecule has 1 N–H and O–H groups in total. The smallest absolute Gasteiger partial charge is 0.295 e. The summed E-state index contributed by atoms with van der Waals surface area (Å²) in [6.07, 6.45) is 4.05. The van der Waals surface area contributed by atoms with Gasteiger partial charge in [-0.3, -0.25) is 14.6 Å². The van der Waals surface area contributed by atoms with E-state index in [1.165, 1.54) is 4.90 Å². The van der Waals surface area contributed by atoms with Crippen LogP contribution in [0.4, 0.5) is 0 Å². The van der Waals surface area contributed by atoms with Crippen molar-refractivity contribution in [1.82, 2.24) is 9.88 Å². The highest BCUT2D eigenvalue weighted by Gasteiger charge is 2.46. The molecule has 1 aliphatic rings. The molecule has 1 aliphatic heterocycles. The lowest BCUT2D eigenvalue weighted by molar-refractivity contribution is -0.140. The van der Waals surface area contributed by atoms with Gasteiger partial charge in [0.2, 0.25) is 0 Å². The number of rotatable bonds is 7. The van der Waals surface area contributed by atoms with Crippen molar-refractivity contribution in [2.75, 3.05) is 6.61 Å². The Morgan fingerprint density at radius 2 is 1.82 bits per heavy atom. The van der Waals surface area contributed by atoms with E-state index in [0.29, 0.717) is 28.5 Å². The fourth-order valence-corrected chi connectivity index (χ4v) is 4.17. The fourth-order valence-electron chi connectivity index (χ4n) is 3.87. The van der Waals surface area contributed by atoms with E-state index in [2.05, 4.69) is 4.98 Å². The van der Waals surface area contributed by atoms with Gasteiger partial charge in [-0.05, 0) is 53.9 Å². The van der Waals surface area contributed by atoms with Gasteiger partial charge in [0, 0.05) is 24.5 Å². The molecule has 0 spiro atoms. The van der Waals surface area contributed by atoms with Crippen LogP contribution in [0, 0.1) is 0 Å². The van der Waals surface area contributed by atoms with Gasteiger partial charge < -0.3 is 14.7 Å². The highest BCUT2D eigenvalue weighted by atomic mass is 35.5. The van der Waals surface area contributed by atoms with Gasteiger partial charge >= 0.3 is 0 Å². The summed E-state index contributed by atoms with van der Waals surface area (Å²) in [5, 5.41) is 11.9. The van der Waals surface area contributed by atoms with Crippen LogP contribution in [0.5, 0.6) is 5.75 Å². The summed E-state index contributed by atoms with van der Waals surface area (Å²) in [5.74, 6) is -1.22. The second-order valence-corrected chi connectivity index (χ2v) is 8.65. The molecule has 0 radical (unpaired) electrons. The number of nitrogens with zero attached hydrogens (tertiary/aromatic N) is 2. The van der Waals surface area contributed by atoms with Crippen molar-refractivity contribution >= 4 is 40.7 Å². The maximum Gasteiger partial charge on any atom is 0.295 e. The summed E-state index contributed by atoms with van der Waals surface area (Å²) in [6.45, 7) is 2.66. The maximum absolute atomic E-state index is 13.2. The van der Waals surface area contributed by atoms with Crippen molar-refractivity contribution in [2.45, 2.75) is 25.9 Å². The number of amides is 1. The summed E-state index contributed by atoms with van der Waals surface area (Å²) in [5.41, 5.74) is 1.70. The third kappa shape index (κ3) is 4.79. The summed E-state index contributed by atoms with van der Waals surface area (Å²) in [7, 11) is 0. The molecule has 1 atom stereocenters. The second-order valence-electron chi connectivity index (χ2n) is 7.83. The molecule has 0 aliphatic carbocycles. The molecule has 4 rings (SSSR count). The second kappa shape index (κ2) is 10.3. The normalized spacial score (nSPS) is 17.3. The molecule has 1 amide bonds. The van der Waals surface area contributed by atoms with Gasteiger partial charge in [-0.15, -0.1) is 0 Å². The van der Waals surface area contributed by atoms with Gasteiger partial charge in [-0.25, -0.2) is 0 Å². The highest BCUT2D eigenvalue weighted by Crippen LogP contribution is 2.42. The Bertz CT molecular complexity index is 1260. The zero-order chi connectivity index (χ0) is 24.2. The first-order chi connectivity index (χ1) is 16.4. The molecule has 1 aromatic heterocycles. The number of ketones is 1. The van der Waals surface area contributed by atoms with Crippen molar-refractivity contribution in [3.63, 3.8) is 0 Å². The molecular formula is C26H22Cl2N2O4. The number of hydrogen-bond acceptors (Lipinski definition) is 5. The van der Waals surface area contributed by atoms with Crippen molar-refractivity contribution in [3.05, 3.63) is 99.3 Å². The first kappa shape index (κ1) is 23.8. The van der Waals surface area contributed by atoms with Crippen LogP contribution in [0.25, 0.3) is 5.76 Å². The average Bonchev–Trinajstić information content (AvgIpc) is 3.09. The Hall–Kier alpha value is -3.35. The lowest BCUT2D eigenvalue weighted by atomic mass is 9.95. The number of pyridine rings is 1. The van der Waals surface area contributed by atoms with Crippen LogP contribution in [-0.2, 0) is 16.1 Å². The first-order valence-electron chi connectivity index (χ1n) is 10.8. The molecule has 2 heterocycles. The monoisotopic (exact) mass is 496 g/mol. The molecule has 3 aromatic rings. The number of hydrogen-bond donors (Lipinski definition) is 1. The van der Waals surface area contributed by atoms with E-state index in [-0.39, 0.29) is 22.9 Å². The molecule has 6 nitrogen and oxygen atoms in total. The predicted molar refractivity (Wildman–Crippen MR) is 131 cm³/mol. The molecule has 1 fully saturated rings. The summed E-state index contributed by atoms with van der Waals surface area (Å²) in [4.78, 5) is 31.8. The number of likely N-dealkylation sites (tertiary alicyclic amines) is 1. The standard InChI is InChI=1S/C26H22Cl2N2O4/c1-2-12-34-19-5-3-4-18(13-19)24(31)22-23(17-6-7-20(27)21(28)14-17)30(26(33)25(22)32)15-16-8-10-29-11-9-16/h3-11,13-14,23,31H,2,12,15H2,1H3/b24-22-. The molecule has 34 heavy (non-hydrogen) atoms. The van der Waals surface area contributed by atoms with Crippen LogP contribution >= 0.6 is 23.2 Å². The zero-order valence-electron chi connectivity index (χ0n) is 18.4. The van der Waals surface area contributed by atoms with E-state index in [0.717, 1.165) is 12.0 Å². The van der Waals surface area contributed by atoms with Gasteiger partial charge in [-0.2, -0.15) is 0 Å². The SMILES string of the molecule is CCCOc1cccc(/C(O)=C2/C(=O)C(=O)N(Cc3ccncc3)C2c2ccc(Cl)c(Cl)c2)c1. The van der Waals surface area contributed by atoms with Crippen molar-refractivity contribution in [1.29, 1.82) is 0 Å². The topological polar surface area (TPSA) is 79.7 Å². The van der Waals surface area contributed by atoms with Crippen LogP contribution in [0.15, 0.2) is 72.6 Å². The van der Waals surface area contributed by atoms with Crippen LogP contribution in [0.1, 0.15) is 36.1 Å². The summed E-state index contributed by atoms with van der Waals surface area (Å²) in [6, 6.07) is 14.4. The number of carbonyl (C=O) groups excluding carboxylic acids is 2. The van der Waals surface area contributed by atoms with E-state index < -0.39 is 17.7 Å². The molecule has 2 aromatic carbocycles. The molecule has 8 heteroatoms. The minimum atomic E-state index is -0.858. The van der Waals surface area contributed by atoms with E-state index in [1.807, 2.05) is 6.92 Å². The Morgan fingerprint density at radius 3 is 2.53 bits per heavy atom. The van der Waals surface area contributed by atoms with Crippen molar-refractivity contribution in [3.8, 4) is 5.75 Å². The Kier molecular flexibility index (Phi) is 7.20. The number of aromatic nitrogens is 1. The largest absolute Gasteiger partial charge is 0.507 e. The van der Waals surface area contributed by atoms with E-state index in [4.69, 9.17) is 27.9 Å². The molecule has 0 saturated carbocycles. The van der Waals surface area contributed by atoms with E-state index >= 15 is 0 Å². The number of halogens is 2. The van der Waals surface area contributed by atoms with Crippen molar-refractivity contribution in [2.24, 2.45) is 0 Å². The minimum Gasteiger partial charge on any atom is -0.507 e. The summed E-state index contributed by atoms with van der Waals surface area (Å²) >= 11 is 12.4. The average molecular weight is 497 g/mol. The van der Waals surface area contributed by atoms with Gasteiger partial charge in [0.15, 0.2) is 0 Å². The minimum absolute atomic E-state index is 0.0231. The third-order valence-corrected chi connectivity index (χ3v) is 6.22. The van der Waals surface area contributed by atoms with Gasteiger partial charge in [0.25, 0.3) is 11.7 Å². The lowest BCUT2D eigenvalue weighted by Crippen LogP contribution is -2.29. The Morgan fingerprint density at radius 1 is 1.06 bits per heavy atom. The van der Waals surface area contributed by atoms with Crippen LogP contribution < -0.4 is 4.74 Å². The Balaban J connectivity index is 1.84.